The molecule has 224 valence electrons. The van der Waals surface area contributed by atoms with Crippen molar-refractivity contribution in [2.75, 3.05) is 13.1 Å². The molecule has 6 rings (SSSR count). The number of carboxylic acid groups (broad SMARTS) is 1. The van der Waals surface area contributed by atoms with E-state index in [1.165, 1.54) is 11.3 Å². The van der Waals surface area contributed by atoms with Crippen LogP contribution in [0, 0.1) is 24.2 Å². The van der Waals surface area contributed by atoms with Crippen molar-refractivity contribution in [3.63, 3.8) is 0 Å². The second-order valence-electron chi connectivity index (χ2n) is 13.3. The molecular formula is C30H38N6O5S. The number of carbonyl (C=O) groups excluding carboxylic acids is 1. The van der Waals surface area contributed by atoms with Crippen molar-refractivity contribution in [3.8, 4) is 11.7 Å². The molecule has 3 fully saturated rings. The number of thiazole rings is 1. The molecule has 0 bridgehead atoms. The number of aliphatic hydroxyl groups excluding tert-OH is 1. The number of ether oxygens (including phenoxy) is 1. The zero-order valence-electron chi connectivity index (χ0n) is 24.6. The van der Waals surface area contributed by atoms with Crippen LogP contribution in [0.1, 0.15) is 80.2 Å². The lowest BCUT2D eigenvalue weighted by molar-refractivity contribution is 0.0445. The monoisotopic (exact) mass is 594 g/mol. The first-order chi connectivity index (χ1) is 19.8. The summed E-state index contributed by atoms with van der Waals surface area (Å²) in [5, 5.41) is 29.4. The number of hydrogen-bond acceptors (Lipinski definition) is 8. The van der Waals surface area contributed by atoms with Crippen molar-refractivity contribution in [1.29, 1.82) is 0 Å². The van der Waals surface area contributed by atoms with Gasteiger partial charge in [-0.2, -0.15) is 5.10 Å². The number of hydrogen-bond donors (Lipinski definition) is 3. The third-order valence-electron chi connectivity index (χ3n) is 9.14. The second kappa shape index (κ2) is 10.3. The summed E-state index contributed by atoms with van der Waals surface area (Å²) >= 11 is 1.48. The third-order valence-corrected chi connectivity index (χ3v) is 9.72. The Kier molecular flexibility index (Phi) is 7.04. The largest absolute Gasteiger partial charge is 0.474 e. The number of nitrogens with one attached hydrogen (secondary N) is 1. The maximum atomic E-state index is 13.3. The number of likely N-dealkylation sites (tertiary alicyclic amines) is 1. The van der Waals surface area contributed by atoms with Crippen molar-refractivity contribution in [2.24, 2.45) is 17.3 Å². The number of rotatable bonds is 7. The molecular weight excluding hydrogens is 556 g/mol. The van der Waals surface area contributed by atoms with E-state index in [1.807, 2.05) is 23.3 Å². The molecule has 0 radical (unpaired) electrons. The lowest BCUT2D eigenvalue weighted by Gasteiger charge is -2.38. The Labute approximate surface area is 248 Å². The van der Waals surface area contributed by atoms with Gasteiger partial charge < -0.3 is 25.2 Å². The van der Waals surface area contributed by atoms with Crippen LogP contribution in [0.25, 0.3) is 5.82 Å². The summed E-state index contributed by atoms with van der Waals surface area (Å²) < 4.78 is 8.06. The van der Waals surface area contributed by atoms with Gasteiger partial charge in [-0.1, -0.05) is 13.8 Å². The highest BCUT2D eigenvalue weighted by Crippen LogP contribution is 2.49. The molecule has 4 heterocycles. The van der Waals surface area contributed by atoms with Gasteiger partial charge in [-0.25, -0.2) is 19.4 Å². The zero-order valence-corrected chi connectivity index (χ0v) is 25.4. The van der Waals surface area contributed by atoms with Gasteiger partial charge in [0.15, 0.2) is 5.82 Å². The van der Waals surface area contributed by atoms with Crippen LogP contribution in [0.3, 0.4) is 0 Å². The van der Waals surface area contributed by atoms with E-state index in [0.717, 1.165) is 24.1 Å². The van der Waals surface area contributed by atoms with Gasteiger partial charge in [-0.05, 0) is 57.1 Å². The van der Waals surface area contributed by atoms with Gasteiger partial charge in [-0.3, -0.25) is 4.79 Å². The van der Waals surface area contributed by atoms with E-state index in [1.54, 1.807) is 36.3 Å². The number of amides is 2. The minimum absolute atomic E-state index is 0.0435. The molecule has 2 aliphatic carbocycles. The normalized spacial score (nSPS) is 26.5. The Balaban J connectivity index is 1.17. The van der Waals surface area contributed by atoms with Crippen LogP contribution in [0.2, 0.25) is 0 Å². The predicted molar refractivity (Wildman–Crippen MR) is 156 cm³/mol. The Morgan fingerprint density at radius 1 is 1.21 bits per heavy atom. The minimum Gasteiger partial charge on any atom is -0.474 e. The highest BCUT2D eigenvalue weighted by Gasteiger charge is 2.59. The lowest BCUT2D eigenvalue weighted by Crippen LogP contribution is -2.40. The van der Waals surface area contributed by atoms with Crippen LogP contribution in [0.5, 0.6) is 5.88 Å². The molecule has 1 saturated heterocycles. The van der Waals surface area contributed by atoms with Crippen LogP contribution in [0.4, 0.5) is 4.79 Å². The number of aryl methyl sites for hydroxylation is 1. The zero-order chi connectivity index (χ0) is 30.0. The summed E-state index contributed by atoms with van der Waals surface area (Å²) in [6.45, 7) is 10.9. The van der Waals surface area contributed by atoms with Crippen LogP contribution in [-0.4, -0.2) is 72.2 Å². The summed E-state index contributed by atoms with van der Waals surface area (Å²) in [4.78, 5) is 35.9. The maximum Gasteiger partial charge on any atom is 0.405 e. The van der Waals surface area contributed by atoms with Crippen LogP contribution in [-0.2, 0) is 5.54 Å². The maximum absolute atomic E-state index is 13.3. The van der Waals surface area contributed by atoms with Gasteiger partial charge in [0.2, 0.25) is 5.88 Å². The predicted octanol–water partition coefficient (Wildman–Crippen LogP) is 4.34. The molecule has 2 unspecified atom stereocenters. The number of piperidine rings is 1. The van der Waals surface area contributed by atoms with Crippen LogP contribution in [0.15, 0.2) is 29.2 Å². The summed E-state index contributed by atoms with van der Waals surface area (Å²) in [6, 6.07) is 3.70. The SMILES string of the molecule is Cc1nn(-c2cscn2)cc1C(=O)N1C[C@@H]2[C@H](C1)[C@@H]2Oc1cc(C(C)(C)NC(=O)O)cc(C2CCC(C)(C)CC2O)n1. The van der Waals surface area contributed by atoms with E-state index in [9.17, 15) is 19.8 Å². The van der Waals surface area contributed by atoms with Gasteiger partial charge in [0, 0.05) is 48.5 Å². The fourth-order valence-corrected chi connectivity index (χ4v) is 7.12. The van der Waals surface area contributed by atoms with Crippen molar-refractivity contribution >= 4 is 23.3 Å². The topological polar surface area (TPSA) is 143 Å². The lowest BCUT2D eigenvalue weighted by atomic mass is 9.70. The minimum atomic E-state index is -1.12. The fraction of sp³-hybridized carbons (Fsp3) is 0.567. The average Bonchev–Trinajstić information content (AvgIpc) is 3.40. The quantitative estimate of drug-likeness (QED) is 0.367. The Morgan fingerprint density at radius 3 is 2.60 bits per heavy atom. The molecule has 12 heteroatoms. The van der Waals surface area contributed by atoms with Crippen molar-refractivity contribution in [3.05, 3.63) is 51.7 Å². The molecule has 42 heavy (non-hydrogen) atoms. The molecule has 0 aromatic carbocycles. The molecule has 11 nitrogen and oxygen atoms in total. The number of aromatic nitrogens is 4. The number of carbonyl (C=O) groups is 2. The van der Waals surface area contributed by atoms with Crippen molar-refractivity contribution in [2.45, 2.75) is 77.5 Å². The van der Waals surface area contributed by atoms with Gasteiger partial charge in [-0.15, -0.1) is 11.3 Å². The summed E-state index contributed by atoms with van der Waals surface area (Å²) in [6.07, 6.45) is 2.45. The first kappa shape index (κ1) is 28.6. The highest BCUT2D eigenvalue weighted by atomic mass is 32.1. The third kappa shape index (κ3) is 5.49. The van der Waals surface area contributed by atoms with E-state index >= 15 is 0 Å². The molecule has 2 saturated carbocycles. The van der Waals surface area contributed by atoms with Crippen LogP contribution < -0.4 is 10.1 Å². The van der Waals surface area contributed by atoms with Crippen molar-refractivity contribution < 1.29 is 24.5 Å². The van der Waals surface area contributed by atoms with Crippen molar-refractivity contribution in [1.82, 2.24) is 30.0 Å². The van der Waals surface area contributed by atoms with Gasteiger partial charge >= 0.3 is 6.09 Å². The molecule has 3 aromatic heterocycles. The van der Waals surface area contributed by atoms with Gasteiger partial charge in [0.05, 0.1) is 34.1 Å². The summed E-state index contributed by atoms with van der Waals surface area (Å²) in [5.41, 5.74) is 3.60. The van der Waals surface area contributed by atoms with E-state index in [0.29, 0.717) is 42.5 Å². The average molecular weight is 595 g/mol. The molecule has 3 aliphatic rings. The van der Waals surface area contributed by atoms with E-state index in [-0.39, 0.29) is 35.2 Å². The van der Waals surface area contributed by atoms with E-state index < -0.39 is 17.7 Å². The molecule has 1 aliphatic heterocycles. The standard InChI is InChI=1S/C30H38N6O5S/c1-16-19(13-36(34-16)24-14-42-15-31-24)27(38)35-11-20-21(12-35)26(20)41-25-9-17(30(4,5)33-28(39)40)8-22(32-25)18-6-7-29(2,3)10-23(18)37/h8-9,13-15,18,20-21,23,26,33,37H,6-7,10-12H2,1-5H3,(H,39,40)/t18?,20-,21+,23?,26-. The Hall–Kier alpha value is -3.51. The number of pyridine rings is 1. The van der Waals surface area contributed by atoms with E-state index in [2.05, 4.69) is 29.2 Å². The number of nitrogens with zero attached hydrogens (tertiary/aromatic N) is 5. The smallest absolute Gasteiger partial charge is 0.405 e. The first-order valence-electron chi connectivity index (χ1n) is 14.4. The molecule has 3 aromatic rings. The molecule has 2 amide bonds. The molecule has 5 atom stereocenters. The Bertz CT molecular complexity index is 1490. The second-order valence-corrected chi connectivity index (χ2v) is 14.0. The summed E-state index contributed by atoms with van der Waals surface area (Å²) in [7, 11) is 0. The number of aliphatic hydroxyl groups is 1. The Morgan fingerprint density at radius 2 is 1.95 bits per heavy atom. The van der Waals surface area contributed by atoms with E-state index in [4.69, 9.17) is 9.72 Å². The number of fused-ring (bicyclic) bond motifs is 1. The first-order valence-corrected chi connectivity index (χ1v) is 15.4. The fourth-order valence-electron chi connectivity index (χ4n) is 6.60. The van der Waals surface area contributed by atoms with Gasteiger partial charge in [0.25, 0.3) is 5.91 Å². The van der Waals surface area contributed by atoms with Gasteiger partial charge in [0.1, 0.15) is 6.10 Å². The summed E-state index contributed by atoms with van der Waals surface area (Å²) in [5.74, 6) is 1.32. The molecule has 0 spiro atoms. The van der Waals surface area contributed by atoms with Crippen LogP contribution >= 0.6 is 11.3 Å². The highest BCUT2D eigenvalue weighted by molar-refractivity contribution is 7.07. The molecule has 3 N–H and O–H groups in total.